The number of nitrogens with two attached hydrogens (primary N) is 1. The fraction of sp³-hybridized carbons (Fsp3) is 0.609. The average Bonchev–Trinajstić information content (AvgIpc) is 2.74. The third-order valence-corrected chi connectivity index (χ3v) is 5.71. The van der Waals surface area contributed by atoms with Gasteiger partial charge in [0.1, 0.15) is 5.84 Å². The number of benzene rings is 1. The van der Waals surface area contributed by atoms with Crippen LogP contribution in [-0.2, 0) is 17.1 Å². The van der Waals surface area contributed by atoms with E-state index in [9.17, 15) is 35.9 Å². The van der Waals surface area contributed by atoms with Gasteiger partial charge in [0, 0.05) is 23.6 Å². The van der Waals surface area contributed by atoms with Gasteiger partial charge in [0.25, 0.3) is 11.8 Å². The molecule has 1 aromatic rings. The van der Waals surface area contributed by atoms with Crippen molar-refractivity contribution >= 4 is 17.6 Å². The highest BCUT2D eigenvalue weighted by Crippen LogP contribution is 2.36. The first-order valence-electron chi connectivity index (χ1n) is 11.2. The quantitative estimate of drug-likeness (QED) is 0.299. The largest absolute Gasteiger partial charge is 0.416 e. The Balaban J connectivity index is 1.88. The highest BCUT2D eigenvalue weighted by atomic mass is 19.4. The monoisotopic (exact) mass is 508 g/mol. The SMILES string of the molecule is CC(C)(C)C(=O)N=C(N)CNC1CCC(CNC(=O)c2cc(C(F)(F)F)cc(C(F)(F)F)c2)CC1. The maximum Gasteiger partial charge on any atom is 0.416 e. The molecule has 0 aromatic heterocycles. The molecule has 196 valence electrons. The molecular weight excluding hydrogens is 478 g/mol. The molecule has 1 aromatic carbocycles. The lowest BCUT2D eigenvalue weighted by Crippen LogP contribution is -2.41. The van der Waals surface area contributed by atoms with E-state index in [0.29, 0.717) is 25.0 Å². The van der Waals surface area contributed by atoms with E-state index in [0.717, 1.165) is 12.8 Å². The van der Waals surface area contributed by atoms with E-state index in [4.69, 9.17) is 5.73 Å². The molecule has 0 spiro atoms. The molecule has 2 rings (SSSR count). The average molecular weight is 509 g/mol. The Morgan fingerprint density at radius 2 is 1.46 bits per heavy atom. The summed E-state index contributed by atoms with van der Waals surface area (Å²) in [6.45, 7) is 5.59. The number of aliphatic imine (C=N–C) groups is 1. The van der Waals surface area contributed by atoms with Gasteiger partial charge in [0.2, 0.25) is 0 Å². The van der Waals surface area contributed by atoms with E-state index in [1.54, 1.807) is 20.8 Å². The van der Waals surface area contributed by atoms with Crippen LogP contribution >= 0.6 is 0 Å². The van der Waals surface area contributed by atoms with Crippen LogP contribution in [0.4, 0.5) is 26.3 Å². The summed E-state index contributed by atoms with van der Waals surface area (Å²) in [6, 6.07) is 0.934. The van der Waals surface area contributed by atoms with Crippen LogP contribution in [0.15, 0.2) is 23.2 Å². The Kier molecular flexibility index (Phi) is 8.96. The molecule has 2 amide bonds. The van der Waals surface area contributed by atoms with E-state index in [2.05, 4.69) is 15.6 Å². The highest BCUT2D eigenvalue weighted by molar-refractivity contribution is 5.96. The second-order valence-corrected chi connectivity index (χ2v) is 9.76. The first kappa shape index (κ1) is 28.6. The number of alkyl halides is 6. The fourth-order valence-corrected chi connectivity index (χ4v) is 3.58. The molecule has 1 saturated carbocycles. The molecule has 1 aliphatic rings. The lowest BCUT2D eigenvalue weighted by Gasteiger charge is -2.29. The number of hydrogen-bond donors (Lipinski definition) is 3. The maximum atomic E-state index is 13.0. The predicted molar refractivity (Wildman–Crippen MR) is 119 cm³/mol. The Hall–Kier alpha value is -2.63. The van der Waals surface area contributed by atoms with Crippen molar-refractivity contribution in [3.05, 3.63) is 34.9 Å². The summed E-state index contributed by atoms with van der Waals surface area (Å²) < 4.78 is 78.0. The van der Waals surface area contributed by atoms with Crippen molar-refractivity contribution in [2.24, 2.45) is 22.1 Å². The topological polar surface area (TPSA) is 96.6 Å². The number of halogens is 6. The number of nitrogens with one attached hydrogen (secondary N) is 2. The van der Waals surface area contributed by atoms with Gasteiger partial charge in [0.15, 0.2) is 0 Å². The Morgan fingerprint density at radius 1 is 0.943 bits per heavy atom. The van der Waals surface area contributed by atoms with Crippen molar-refractivity contribution < 1.29 is 35.9 Å². The predicted octanol–water partition coefficient (Wildman–Crippen LogP) is 4.53. The zero-order valence-electron chi connectivity index (χ0n) is 19.7. The lowest BCUT2D eigenvalue weighted by atomic mass is 9.86. The van der Waals surface area contributed by atoms with Crippen molar-refractivity contribution in [1.82, 2.24) is 10.6 Å². The molecule has 35 heavy (non-hydrogen) atoms. The molecule has 4 N–H and O–H groups in total. The first-order chi connectivity index (χ1) is 16.0. The van der Waals surface area contributed by atoms with Crippen molar-refractivity contribution in [1.29, 1.82) is 0 Å². The van der Waals surface area contributed by atoms with Gasteiger partial charge in [-0.1, -0.05) is 20.8 Å². The molecule has 6 nitrogen and oxygen atoms in total. The minimum Gasteiger partial charge on any atom is -0.386 e. The molecule has 0 atom stereocenters. The van der Waals surface area contributed by atoms with Gasteiger partial charge in [-0.2, -0.15) is 31.3 Å². The van der Waals surface area contributed by atoms with Crippen molar-refractivity contribution in [2.75, 3.05) is 13.1 Å². The minimum atomic E-state index is -5.02. The number of hydrogen-bond acceptors (Lipinski definition) is 3. The summed E-state index contributed by atoms with van der Waals surface area (Å²) in [5, 5.41) is 5.68. The van der Waals surface area contributed by atoms with Crippen molar-refractivity contribution in [3.63, 3.8) is 0 Å². The number of amides is 2. The van der Waals surface area contributed by atoms with Crippen LogP contribution in [0, 0.1) is 11.3 Å². The van der Waals surface area contributed by atoms with Crippen LogP contribution < -0.4 is 16.4 Å². The van der Waals surface area contributed by atoms with E-state index < -0.39 is 40.4 Å². The van der Waals surface area contributed by atoms with Crippen LogP contribution in [0.3, 0.4) is 0 Å². The maximum absolute atomic E-state index is 13.0. The normalized spacial score (nSPS) is 20.0. The molecule has 0 aliphatic heterocycles. The molecule has 0 heterocycles. The third-order valence-electron chi connectivity index (χ3n) is 5.71. The van der Waals surface area contributed by atoms with Gasteiger partial charge in [-0.25, -0.2) is 0 Å². The minimum absolute atomic E-state index is 0.0124. The van der Waals surface area contributed by atoms with Crippen LogP contribution in [0.2, 0.25) is 0 Å². The Bertz CT molecular complexity index is 911. The van der Waals surface area contributed by atoms with E-state index in [1.807, 2.05) is 0 Å². The van der Waals surface area contributed by atoms with Gasteiger partial charge in [0.05, 0.1) is 17.7 Å². The van der Waals surface area contributed by atoms with Crippen molar-refractivity contribution in [2.45, 2.75) is 64.8 Å². The zero-order valence-corrected chi connectivity index (χ0v) is 19.7. The number of carbonyl (C=O) groups is 2. The Labute approximate surface area is 199 Å². The number of nitrogens with zero attached hydrogens (tertiary/aromatic N) is 1. The molecule has 1 fully saturated rings. The van der Waals surface area contributed by atoms with Crippen LogP contribution in [0.1, 0.15) is 67.9 Å². The molecule has 12 heteroatoms. The molecule has 0 radical (unpaired) electrons. The molecule has 0 bridgehead atoms. The van der Waals surface area contributed by atoms with Crippen molar-refractivity contribution in [3.8, 4) is 0 Å². The van der Waals surface area contributed by atoms with Gasteiger partial charge >= 0.3 is 12.4 Å². The summed E-state index contributed by atoms with van der Waals surface area (Å²) >= 11 is 0. The number of amidine groups is 1. The number of rotatable bonds is 6. The second kappa shape index (κ2) is 11.0. The third kappa shape index (κ3) is 8.83. The van der Waals surface area contributed by atoms with E-state index >= 15 is 0 Å². The van der Waals surface area contributed by atoms with E-state index in [1.165, 1.54) is 0 Å². The van der Waals surface area contributed by atoms with Crippen LogP contribution in [-0.4, -0.2) is 36.8 Å². The lowest BCUT2D eigenvalue weighted by molar-refractivity contribution is -0.143. The molecular formula is C23H30F6N4O2. The fourth-order valence-electron chi connectivity index (χ4n) is 3.58. The molecule has 0 saturated heterocycles. The van der Waals surface area contributed by atoms with Gasteiger partial charge in [-0.3, -0.25) is 9.59 Å². The molecule has 1 aliphatic carbocycles. The van der Waals surface area contributed by atoms with Crippen LogP contribution in [0.5, 0.6) is 0 Å². The van der Waals surface area contributed by atoms with Gasteiger partial charge in [-0.05, 0) is 49.8 Å². The highest BCUT2D eigenvalue weighted by Gasteiger charge is 2.37. The van der Waals surface area contributed by atoms with Gasteiger partial charge < -0.3 is 16.4 Å². The zero-order chi connectivity index (χ0) is 26.6. The second-order valence-electron chi connectivity index (χ2n) is 9.76. The van der Waals surface area contributed by atoms with Crippen LogP contribution in [0.25, 0.3) is 0 Å². The summed E-state index contributed by atoms with van der Waals surface area (Å²) in [5.41, 5.74) is 1.42. The summed E-state index contributed by atoms with van der Waals surface area (Å²) in [6.07, 6.45) is -7.21. The molecule has 0 unspecified atom stereocenters. The number of carbonyl (C=O) groups excluding carboxylic acids is 2. The first-order valence-corrected chi connectivity index (χ1v) is 11.2. The van der Waals surface area contributed by atoms with E-state index in [-0.39, 0.29) is 42.9 Å². The Morgan fingerprint density at radius 3 is 1.91 bits per heavy atom. The standard InChI is InChI=1S/C23H30F6N4O2/c1-21(2,3)20(35)33-18(30)12-31-17-6-4-13(5-7-17)11-32-19(34)14-8-15(22(24,25)26)10-16(9-14)23(27,28)29/h8-10,13,17,31H,4-7,11-12H2,1-3H3,(H,32,34)(H2,30,33,35). The smallest absolute Gasteiger partial charge is 0.386 e. The van der Waals surface area contributed by atoms with Gasteiger partial charge in [-0.15, -0.1) is 0 Å². The summed E-state index contributed by atoms with van der Waals surface area (Å²) in [7, 11) is 0. The summed E-state index contributed by atoms with van der Waals surface area (Å²) in [5.74, 6) is -1.11. The summed E-state index contributed by atoms with van der Waals surface area (Å²) in [4.78, 5) is 28.1.